The number of nitrogen functional groups attached to an aromatic ring is 1. The number of aromatic nitrogens is 4. The Balaban J connectivity index is 1.49. The lowest BCUT2D eigenvalue weighted by Gasteiger charge is -2.33. The summed E-state index contributed by atoms with van der Waals surface area (Å²) in [5.41, 5.74) is 6.53. The Morgan fingerprint density at radius 1 is 1.24 bits per heavy atom. The first kappa shape index (κ1) is 25.6. The molecule has 2 aromatic rings. The van der Waals surface area contributed by atoms with Gasteiger partial charge in [0.15, 0.2) is 0 Å². The fraction of sp³-hybridized carbons (Fsp3) is 0.524. The van der Waals surface area contributed by atoms with Crippen LogP contribution in [0.15, 0.2) is 12.4 Å². The maximum Gasteiger partial charge on any atom is 0.451 e. The van der Waals surface area contributed by atoms with Gasteiger partial charge in [-0.2, -0.15) is 13.2 Å². The minimum absolute atomic E-state index is 0.0210. The van der Waals surface area contributed by atoms with Crippen molar-refractivity contribution in [3.05, 3.63) is 40.3 Å². The zero-order valence-electron chi connectivity index (χ0n) is 18.7. The minimum atomic E-state index is -4.64. The number of nitrogens with two attached hydrogens (primary N) is 1. The van der Waals surface area contributed by atoms with Crippen LogP contribution in [0, 0.1) is 12.8 Å². The molecule has 184 valence electrons. The molecule has 1 fully saturated rings. The van der Waals surface area contributed by atoms with Gasteiger partial charge in [-0.25, -0.2) is 15.0 Å². The van der Waals surface area contributed by atoms with Crippen molar-refractivity contribution in [3.8, 4) is 0 Å². The molecule has 0 saturated carbocycles. The van der Waals surface area contributed by atoms with Gasteiger partial charge in [-0.05, 0) is 45.4 Å². The van der Waals surface area contributed by atoms with Crippen LogP contribution in [0.2, 0.25) is 5.15 Å². The number of hydrogen-bond acceptors (Lipinski definition) is 7. The first-order valence-electron chi connectivity index (χ1n) is 10.7. The molecule has 34 heavy (non-hydrogen) atoms. The highest BCUT2D eigenvalue weighted by molar-refractivity contribution is 6.29. The summed E-state index contributed by atoms with van der Waals surface area (Å²) < 4.78 is 38.5. The zero-order valence-corrected chi connectivity index (χ0v) is 19.4. The fourth-order valence-electron chi connectivity index (χ4n) is 3.90. The number of rotatable bonds is 6. The molecule has 0 aliphatic carbocycles. The molecule has 1 aliphatic heterocycles. The van der Waals surface area contributed by atoms with Gasteiger partial charge in [0.25, 0.3) is 5.91 Å². The van der Waals surface area contributed by atoms with Crippen molar-refractivity contribution < 1.29 is 22.8 Å². The third kappa shape index (κ3) is 6.31. The number of anilines is 1. The number of carbonyl (C=O) groups excluding carboxylic acids is 2. The third-order valence-electron chi connectivity index (χ3n) is 5.78. The normalized spacial score (nSPS) is 15.8. The quantitative estimate of drug-likeness (QED) is 0.625. The summed E-state index contributed by atoms with van der Waals surface area (Å²) in [5, 5.41) is 2.68. The summed E-state index contributed by atoms with van der Waals surface area (Å²) in [6, 6.07) is -0.753. The van der Waals surface area contributed by atoms with Gasteiger partial charge in [0, 0.05) is 24.3 Å². The number of carbonyl (C=O) groups is 2. The van der Waals surface area contributed by atoms with Gasteiger partial charge in [-0.1, -0.05) is 11.6 Å². The van der Waals surface area contributed by atoms with Crippen LogP contribution in [0.4, 0.5) is 19.0 Å². The number of amides is 2. The Morgan fingerprint density at radius 2 is 1.91 bits per heavy atom. The van der Waals surface area contributed by atoms with Crippen molar-refractivity contribution in [3.63, 3.8) is 0 Å². The Bertz CT molecular complexity index is 1040. The molecule has 13 heteroatoms. The number of alkyl halides is 3. The van der Waals surface area contributed by atoms with Crippen LogP contribution in [-0.4, -0.2) is 55.8 Å². The predicted molar refractivity (Wildman–Crippen MR) is 118 cm³/mol. The number of halogens is 4. The average Bonchev–Trinajstić information content (AvgIpc) is 2.77. The second-order valence-corrected chi connectivity index (χ2v) is 8.61. The largest absolute Gasteiger partial charge is 0.451 e. The van der Waals surface area contributed by atoms with Crippen LogP contribution in [0.1, 0.15) is 53.8 Å². The summed E-state index contributed by atoms with van der Waals surface area (Å²) in [5.74, 6) is -1.87. The van der Waals surface area contributed by atoms with Gasteiger partial charge in [0.2, 0.25) is 11.7 Å². The second-order valence-electron chi connectivity index (χ2n) is 8.22. The summed E-state index contributed by atoms with van der Waals surface area (Å²) in [6.07, 6.45) is 0.536. The number of nitrogens with zero attached hydrogens (tertiary/aromatic N) is 5. The smallest absolute Gasteiger partial charge is 0.383 e. The van der Waals surface area contributed by atoms with Gasteiger partial charge < -0.3 is 16.0 Å². The van der Waals surface area contributed by atoms with E-state index in [0.717, 1.165) is 12.8 Å². The third-order valence-corrected chi connectivity index (χ3v) is 5.97. The molecule has 9 nitrogen and oxygen atoms in total. The number of hydrogen-bond donors (Lipinski definition) is 2. The lowest BCUT2D eigenvalue weighted by atomic mass is 9.90. The van der Waals surface area contributed by atoms with Crippen LogP contribution in [0.5, 0.6) is 0 Å². The van der Waals surface area contributed by atoms with E-state index in [9.17, 15) is 22.8 Å². The van der Waals surface area contributed by atoms with Crippen LogP contribution >= 0.6 is 11.6 Å². The van der Waals surface area contributed by atoms with Crippen LogP contribution in [-0.2, 0) is 17.4 Å². The summed E-state index contributed by atoms with van der Waals surface area (Å²) >= 11 is 5.74. The van der Waals surface area contributed by atoms with Gasteiger partial charge in [0.1, 0.15) is 22.7 Å². The molecule has 0 aromatic carbocycles. The first-order chi connectivity index (χ1) is 16.0. The summed E-state index contributed by atoms with van der Waals surface area (Å²) in [7, 11) is 0. The van der Waals surface area contributed by atoms with E-state index in [1.165, 1.54) is 19.3 Å². The van der Waals surface area contributed by atoms with Crippen molar-refractivity contribution in [2.45, 2.75) is 51.7 Å². The highest BCUT2D eigenvalue weighted by atomic mass is 35.5. The minimum Gasteiger partial charge on any atom is -0.383 e. The summed E-state index contributed by atoms with van der Waals surface area (Å²) in [4.78, 5) is 41.3. The molecule has 0 bridgehead atoms. The molecule has 0 spiro atoms. The van der Waals surface area contributed by atoms with Crippen LogP contribution in [0.25, 0.3) is 0 Å². The van der Waals surface area contributed by atoms with E-state index in [-0.39, 0.29) is 34.2 Å². The van der Waals surface area contributed by atoms with Gasteiger partial charge in [-0.3, -0.25) is 14.6 Å². The SMILES string of the molecule is Cc1nc(C(F)(F)F)nc(N)c1CCC1CCN(C(=O)[C@H](C)NC(=O)c2cncc(Cl)n2)CC1. The van der Waals surface area contributed by atoms with E-state index in [1.807, 2.05) is 0 Å². The maximum absolute atomic E-state index is 12.8. The predicted octanol–water partition coefficient (Wildman–Crippen LogP) is 2.82. The lowest BCUT2D eigenvalue weighted by Crippen LogP contribution is -2.49. The molecular weight excluding hydrogens is 475 g/mol. The number of nitrogens with one attached hydrogen (secondary N) is 1. The molecule has 3 N–H and O–H groups in total. The number of piperidine rings is 1. The monoisotopic (exact) mass is 499 g/mol. The van der Waals surface area contributed by atoms with Crippen molar-refractivity contribution >= 4 is 29.2 Å². The van der Waals surface area contributed by atoms with E-state index in [1.54, 1.807) is 11.8 Å². The Kier molecular flexibility index (Phi) is 7.90. The van der Waals surface area contributed by atoms with Crippen molar-refractivity contribution in [2.24, 2.45) is 5.92 Å². The number of aryl methyl sites for hydroxylation is 1. The molecule has 2 amide bonds. The standard InChI is InChI=1S/C21H25ClF3N7O2/c1-11-14(17(26)31-20(29-11)21(23,24)25)4-3-13-5-7-32(8-6-13)19(34)12(2)28-18(33)15-9-27-10-16(22)30-15/h9-10,12-13H,3-8H2,1-2H3,(H,28,33)(H2,26,29,31)/t12-/m0/s1. The Hall–Kier alpha value is -3.02. The molecule has 3 heterocycles. The highest BCUT2D eigenvalue weighted by Crippen LogP contribution is 2.30. The molecule has 0 radical (unpaired) electrons. The van der Waals surface area contributed by atoms with Crippen LogP contribution < -0.4 is 11.1 Å². The van der Waals surface area contributed by atoms with Gasteiger partial charge in [-0.15, -0.1) is 0 Å². The molecule has 1 aliphatic rings. The van der Waals surface area contributed by atoms with E-state index < -0.39 is 23.9 Å². The molecule has 2 aromatic heterocycles. The molecule has 1 atom stereocenters. The number of likely N-dealkylation sites (tertiary alicyclic amines) is 1. The molecule has 1 saturated heterocycles. The first-order valence-corrected chi connectivity index (χ1v) is 11.1. The Morgan fingerprint density at radius 3 is 2.50 bits per heavy atom. The topological polar surface area (TPSA) is 127 Å². The second kappa shape index (κ2) is 10.5. The molecule has 3 rings (SSSR count). The Labute approximate surface area is 199 Å². The highest BCUT2D eigenvalue weighted by Gasteiger charge is 2.36. The lowest BCUT2D eigenvalue weighted by molar-refractivity contribution is -0.145. The van der Waals surface area contributed by atoms with E-state index in [2.05, 4.69) is 25.3 Å². The zero-order chi connectivity index (χ0) is 25.0. The van der Waals surface area contributed by atoms with Crippen LogP contribution in [0.3, 0.4) is 0 Å². The molecular formula is C21H25ClF3N7O2. The fourth-order valence-corrected chi connectivity index (χ4v) is 4.05. The van der Waals surface area contributed by atoms with E-state index in [4.69, 9.17) is 17.3 Å². The van der Waals surface area contributed by atoms with Crippen molar-refractivity contribution in [1.82, 2.24) is 30.2 Å². The van der Waals surface area contributed by atoms with E-state index >= 15 is 0 Å². The summed E-state index contributed by atoms with van der Waals surface area (Å²) in [6.45, 7) is 4.12. The van der Waals surface area contributed by atoms with E-state index in [0.29, 0.717) is 31.5 Å². The van der Waals surface area contributed by atoms with Gasteiger partial charge in [0.05, 0.1) is 12.4 Å². The maximum atomic E-state index is 12.8. The van der Waals surface area contributed by atoms with Gasteiger partial charge >= 0.3 is 6.18 Å². The molecule has 0 unspecified atom stereocenters. The van der Waals surface area contributed by atoms with Crippen molar-refractivity contribution in [2.75, 3.05) is 18.8 Å². The average molecular weight is 500 g/mol. The van der Waals surface area contributed by atoms with Crippen molar-refractivity contribution in [1.29, 1.82) is 0 Å².